The topological polar surface area (TPSA) is 70.2 Å². The number of halogens is 1. The van der Waals surface area contributed by atoms with Crippen molar-refractivity contribution in [1.82, 2.24) is 10.6 Å². The molecular formula is C19H22FN3O2. The molecule has 0 spiro atoms. The lowest BCUT2D eigenvalue weighted by molar-refractivity contribution is 0.0952. The molecule has 0 saturated carbocycles. The molecule has 2 amide bonds. The van der Waals surface area contributed by atoms with Crippen molar-refractivity contribution in [2.75, 3.05) is 25.0 Å². The Morgan fingerprint density at radius 2 is 1.80 bits per heavy atom. The second-order valence-corrected chi connectivity index (χ2v) is 5.57. The molecule has 2 aromatic rings. The predicted octanol–water partition coefficient (Wildman–Crippen LogP) is 2.73. The summed E-state index contributed by atoms with van der Waals surface area (Å²) < 4.78 is 13.7. The first kappa shape index (κ1) is 18.6. The van der Waals surface area contributed by atoms with Crippen LogP contribution in [0.15, 0.2) is 42.5 Å². The summed E-state index contributed by atoms with van der Waals surface area (Å²) in [6, 6.07) is 10.8. The van der Waals surface area contributed by atoms with Gasteiger partial charge in [-0.25, -0.2) is 4.39 Å². The predicted molar refractivity (Wildman–Crippen MR) is 96.4 cm³/mol. The molecule has 0 aliphatic heterocycles. The molecule has 0 aliphatic carbocycles. The molecule has 0 heterocycles. The van der Waals surface area contributed by atoms with Gasteiger partial charge < -0.3 is 16.0 Å². The first-order chi connectivity index (χ1) is 12.0. The van der Waals surface area contributed by atoms with E-state index in [9.17, 15) is 14.0 Å². The SMILES string of the molecule is CCNCCNC(=O)c1ccc(C)c(NC(=O)c2ccccc2F)c1. The monoisotopic (exact) mass is 343 g/mol. The minimum atomic E-state index is -0.588. The summed E-state index contributed by atoms with van der Waals surface area (Å²) in [5, 5.41) is 8.59. The van der Waals surface area contributed by atoms with E-state index in [1.54, 1.807) is 24.3 Å². The van der Waals surface area contributed by atoms with Crippen molar-refractivity contribution in [1.29, 1.82) is 0 Å². The van der Waals surface area contributed by atoms with Crippen LogP contribution in [0.5, 0.6) is 0 Å². The van der Waals surface area contributed by atoms with Gasteiger partial charge in [-0.1, -0.05) is 25.1 Å². The molecule has 0 radical (unpaired) electrons. The Kier molecular flexibility index (Phi) is 6.65. The fourth-order valence-electron chi connectivity index (χ4n) is 2.28. The molecule has 0 unspecified atom stereocenters. The zero-order chi connectivity index (χ0) is 18.2. The third-order valence-electron chi connectivity index (χ3n) is 3.70. The molecule has 0 atom stereocenters. The zero-order valence-electron chi connectivity index (χ0n) is 14.4. The van der Waals surface area contributed by atoms with Crippen LogP contribution in [0, 0.1) is 12.7 Å². The summed E-state index contributed by atoms with van der Waals surface area (Å²) in [4.78, 5) is 24.4. The molecule has 2 aromatic carbocycles. The van der Waals surface area contributed by atoms with E-state index in [-0.39, 0.29) is 11.5 Å². The zero-order valence-corrected chi connectivity index (χ0v) is 14.4. The van der Waals surface area contributed by atoms with Crippen LogP contribution in [0.2, 0.25) is 0 Å². The molecule has 0 fully saturated rings. The molecule has 25 heavy (non-hydrogen) atoms. The van der Waals surface area contributed by atoms with Crippen molar-refractivity contribution in [3.8, 4) is 0 Å². The number of hydrogen-bond acceptors (Lipinski definition) is 3. The Morgan fingerprint density at radius 1 is 1.04 bits per heavy atom. The number of carbonyl (C=O) groups is 2. The highest BCUT2D eigenvalue weighted by Gasteiger charge is 2.14. The first-order valence-corrected chi connectivity index (χ1v) is 8.18. The molecular weight excluding hydrogens is 321 g/mol. The third kappa shape index (κ3) is 5.12. The fourth-order valence-corrected chi connectivity index (χ4v) is 2.28. The molecule has 0 bridgehead atoms. The third-order valence-corrected chi connectivity index (χ3v) is 3.70. The summed E-state index contributed by atoms with van der Waals surface area (Å²) >= 11 is 0. The van der Waals surface area contributed by atoms with E-state index in [0.717, 1.165) is 12.1 Å². The number of benzene rings is 2. The number of rotatable bonds is 7. The van der Waals surface area contributed by atoms with Crippen molar-refractivity contribution < 1.29 is 14.0 Å². The van der Waals surface area contributed by atoms with Gasteiger partial charge in [0.2, 0.25) is 0 Å². The van der Waals surface area contributed by atoms with E-state index in [1.807, 2.05) is 13.8 Å². The minimum absolute atomic E-state index is 0.0394. The maximum atomic E-state index is 13.7. The van der Waals surface area contributed by atoms with Crippen LogP contribution in [0.3, 0.4) is 0 Å². The van der Waals surface area contributed by atoms with Gasteiger partial charge >= 0.3 is 0 Å². The summed E-state index contributed by atoms with van der Waals surface area (Å²) in [5.74, 6) is -1.36. The summed E-state index contributed by atoms with van der Waals surface area (Å²) in [7, 11) is 0. The number of likely N-dealkylation sites (N-methyl/N-ethyl adjacent to an activating group) is 1. The highest BCUT2D eigenvalue weighted by atomic mass is 19.1. The molecule has 6 heteroatoms. The molecule has 0 aromatic heterocycles. The van der Waals surface area contributed by atoms with E-state index in [4.69, 9.17) is 0 Å². The number of nitrogens with one attached hydrogen (secondary N) is 3. The number of anilines is 1. The number of amides is 2. The van der Waals surface area contributed by atoms with Gasteiger partial charge in [0.1, 0.15) is 5.82 Å². The Balaban J connectivity index is 2.09. The van der Waals surface area contributed by atoms with E-state index >= 15 is 0 Å². The standard InChI is InChI=1S/C19H22FN3O2/c1-3-21-10-11-22-18(24)14-9-8-13(2)17(12-14)23-19(25)15-6-4-5-7-16(15)20/h4-9,12,21H,3,10-11H2,1-2H3,(H,22,24)(H,23,25). The van der Waals surface area contributed by atoms with E-state index < -0.39 is 11.7 Å². The van der Waals surface area contributed by atoms with Crippen molar-refractivity contribution >= 4 is 17.5 Å². The normalized spacial score (nSPS) is 10.4. The Hall–Kier alpha value is -2.73. The Morgan fingerprint density at radius 3 is 2.52 bits per heavy atom. The van der Waals surface area contributed by atoms with Crippen LogP contribution in [0.4, 0.5) is 10.1 Å². The molecule has 132 valence electrons. The molecule has 2 rings (SSSR count). The van der Waals surface area contributed by atoms with Crippen molar-refractivity contribution in [3.05, 3.63) is 65.0 Å². The minimum Gasteiger partial charge on any atom is -0.351 e. The van der Waals surface area contributed by atoms with Crippen molar-refractivity contribution in [3.63, 3.8) is 0 Å². The van der Waals surface area contributed by atoms with Crippen LogP contribution in [0.25, 0.3) is 0 Å². The maximum absolute atomic E-state index is 13.7. The van der Waals surface area contributed by atoms with Crippen LogP contribution in [-0.2, 0) is 0 Å². The summed E-state index contributed by atoms with van der Waals surface area (Å²) in [5.41, 5.74) is 1.66. The fraction of sp³-hybridized carbons (Fsp3) is 0.263. The average molecular weight is 343 g/mol. The van der Waals surface area contributed by atoms with Gasteiger partial charge in [0.05, 0.1) is 5.56 Å². The van der Waals surface area contributed by atoms with Gasteiger partial charge in [0.15, 0.2) is 0 Å². The van der Waals surface area contributed by atoms with Crippen LogP contribution >= 0.6 is 0 Å². The molecule has 3 N–H and O–H groups in total. The van der Waals surface area contributed by atoms with Crippen LogP contribution in [0.1, 0.15) is 33.2 Å². The number of hydrogen-bond donors (Lipinski definition) is 3. The quantitative estimate of drug-likeness (QED) is 0.677. The lowest BCUT2D eigenvalue weighted by atomic mass is 10.1. The molecule has 0 aliphatic rings. The smallest absolute Gasteiger partial charge is 0.258 e. The van der Waals surface area contributed by atoms with E-state index in [2.05, 4.69) is 16.0 Å². The van der Waals surface area contributed by atoms with E-state index in [0.29, 0.717) is 24.3 Å². The Bertz CT molecular complexity index is 762. The summed E-state index contributed by atoms with van der Waals surface area (Å²) in [6.45, 7) is 5.84. The second-order valence-electron chi connectivity index (χ2n) is 5.57. The van der Waals surface area contributed by atoms with Gasteiger partial charge in [0.25, 0.3) is 11.8 Å². The lowest BCUT2D eigenvalue weighted by Gasteiger charge is -2.11. The summed E-state index contributed by atoms with van der Waals surface area (Å²) in [6.07, 6.45) is 0. The number of aryl methyl sites for hydroxylation is 1. The van der Waals surface area contributed by atoms with Gasteiger partial charge in [-0.15, -0.1) is 0 Å². The maximum Gasteiger partial charge on any atom is 0.258 e. The van der Waals surface area contributed by atoms with Crippen molar-refractivity contribution in [2.45, 2.75) is 13.8 Å². The largest absolute Gasteiger partial charge is 0.351 e. The lowest BCUT2D eigenvalue weighted by Crippen LogP contribution is -2.31. The van der Waals surface area contributed by atoms with Gasteiger partial charge in [-0.3, -0.25) is 9.59 Å². The Labute approximate surface area is 146 Å². The van der Waals surface area contributed by atoms with Gasteiger partial charge in [0, 0.05) is 24.3 Å². The van der Waals surface area contributed by atoms with Gasteiger partial charge in [-0.05, 0) is 43.3 Å². The molecule has 0 saturated heterocycles. The highest BCUT2D eigenvalue weighted by Crippen LogP contribution is 2.19. The van der Waals surface area contributed by atoms with Crippen LogP contribution < -0.4 is 16.0 Å². The van der Waals surface area contributed by atoms with Gasteiger partial charge in [-0.2, -0.15) is 0 Å². The second kappa shape index (κ2) is 8.94. The number of carbonyl (C=O) groups excluding carboxylic acids is 2. The van der Waals surface area contributed by atoms with Crippen LogP contribution in [-0.4, -0.2) is 31.4 Å². The first-order valence-electron chi connectivity index (χ1n) is 8.18. The van der Waals surface area contributed by atoms with E-state index in [1.165, 1.54) is 18.2 Å². The van der Waals surface area contributed by atoms with Crippen molar-refractivity contribution in [2.24, 2.45) is 0 Å². The highest BCUT2D eigenvalue weighted by molar-refractivity contribution is 6.05. The average Bonchev–Trinajstić information content (AvgIpc) is 2.60. The molecule has 5 nitrogen and oxygen atoms in total.